The third kappa shape index (κ3) is 4.71. The van der Waals surface area contributed by atoms with E-state index in [0.717, 1.165) is 29.7 Å². The van der Waals surface area contributed by atoms with Gasteiger partial charge in [0, 0.05) is 47.4 Å². The van der Waals surface area contributed by atoms with Crippen molar-refractivity contribution in [3.63, 3.8) is 0 Å². The second-order valence-electron chi connectivity index (χ2n) is 9.96. The molecule has 186 valence electrons. The Morgan fingerprint density at radius 1 is 1.00 bits per heavy atom. The number of amides is 2. The molecule has 2 aliphatic heterocycles. The van der Waals surface area contributed by atoms with Crippen LogP contribution >= 0.6 is 11.6 Å². The van der Waals surface area contributed by atoms with E-state index < -0.39 is 10.0 Å². The quantitative estimate of drug-likeness (QED) is 0.640. The Hall–Kier alpha value is -2.42. The van der Waals surface area contributed by atoms with E-state index in [1.54, 1.807) is 24.3 Å². The summed E-state index contributed by atoms with van der Waals surface area (Å²) in [4.78, 5) is 27.5. The number of carbonyl (C=O) groups excluding carboxylic acids is 2. The molecule has 1 unspecified atom stereocenters. The van der Waals surface area contributed by atoms with Gasteiger partial charge < -0.3 is 10.2 Å². The van der Waals surface area contributed by atoms with Crippen molar-refractivity contribution in [2.45, 2.75) is 56.9 Å². The number of hydrogen-bond acceptors (Lipinski definition) is 4. The summed E-state index contributed by atoms with van der Waals surface area (Å²) in [6, 6.07) is 10.5. The van der Waals surface area contributed by atoms with E-state index in [1.807, 2.05) is 30.9 Å². The summed E-state index contributed by atoms with van der Waals surface area (Å²) < 4.78 is 28.2. The molecule has 1 N–H and O–H groups in total. The van der Waals surface area contributed by atoms with Gasteiger partial charge in [-0.15, -0.1) is 0 Å². The van der Waals surface area contributed by atoms with E-state index in [0.29, 0.717) is 30.0 Å². The minimum atomic E-state index is -3.68. The lowest BCUT2D eigenvalue weighted by molar-refractivity contribution is -0.121. The first-order valence-corrected chi connectivity index (χ1v) is 14.0. The number of sulfonamides is 1. The van der Waals surface area contributed by atoms with Crippen LogP contribution in [0.4, 0.5) is 11.4 Å². The van der Waals surface area contributed by atoms with Crippen molar-refractivity contribution < 1.29 is 18.0 Å². The fraction of sp³-hybridized carbons (Fsp3) is 0.462. The molecule has 0 radical (unpaired) electrons. The summed E-state index contributed by atoms with van der Waals surface area (Å²) in [7, 11) is -3.68. The molecule has 2 amide bonds. The predicted octanol–water partition coefficient (Wildman–Crippen LogP) is 4.38. The molecular weight excluding hydrogens is 486 g/mol. The topological polar surface area (TPSA) is 86.8 Å². The summed E-state index contributed by atoms with van der Waals surface area (Å²) in [5, 5.41) is 3.49. The van der Waals surface area contributed by atoms with Crippen molar-refractivity contribution in [2.24, 2.45) is 11.8 Å². The van der Waals surface area contributed by atoms with Gasteiger partial charge >= 0.3 is 0 Å². The molecule has 35 heavy (non-hydrogen) atoms. The SMILES string of the molecule is Cc1ccc(NC(=O)C2CCN(S(=O)(=O)c3ccc4c(c3)CC(C)N4C(=O)C3CC3)CC2)cc1Cl. The van der Waals surface area contributed by atoms with Crippen LogP contribution < -0.4 is 10.2 Å². The number of hydrogen-bond donors (Lipinski definition) is 1. The average molecular weight is 516 g/mol. The zero-order chi connectivity index (χ0) is 24.9. The molecule has 9 heteroatoms. The molecule has 2 aromatic rings. The molecule has 0 aromatic heterocycles. The number of rotatable bonds is 5. The molecule has 2 heterocycles. The number of aryl methyl sites for hydroxylation is 1. The van der Waals surface area contributed by atoms with Crippen LogP contribution in [0, 0.1) is 18.8 Å². The van der Waals surface area contributed by atoms with Crippen molar-refractivity contribution >= 4 is 44.8 Å². The summed E-state index contributed by atoms with van der Waals surface area (Å²) in [6.07, 6.45) is 3.45. The number of anilines is 2. The zero-order valence-electron chi connectivity index (χ0n) is 20.0. The van der Waals surface area contributed by atoms with Crippen LogP contribution in [0.2, 0.25) is 5.02 Å². The predicted molar refractivity (Wildman–Crippen MR) is 136 cm³/mol. The van der Waals surface area contributed by atoms with E-state index in [2.05, 4.69) is 5.32 Å². The molecule has 3 aliphatic rings. The molecular formula is C26H30ClN3O4S. The van der Waals surface area contributed by atoms with Gasteiger partial charge in [0.25, 0.3) is 0 Å². The minimum absolute atomic E-state index is 0.0359. The number of benzene rings is 2. The zero-order valence-corrected chi connectivity index (χ0v) is 21.5. The van der Waals surface area contributed by atoms with E-state index in [9.17, 15) is 18.0 Å². The van der Waals surface area contributed by atoms with Crippen LogP contribution in [-0.2, 0) is 26.0 Å². The van der Waals surface area contributed by atoms with E-state index in [1.165, 1.54) is 4.31 Å². The molecule has 1 aliphatic carbocycles. The maximum atomic E-state index is 13.4. The highest BCUT2D eigenvalue weighted by Crippen LogP contribution is 2.40. The Kier molecular flexibility index (Phi) is 6.40. The molecule has 5 rings (SSSR count). The fourth-order valence-electron chi connectivity index (χ4n) is 5.05. The standard InChI is InChI=1S/C26H30ClN3O4S/c1-16-3-6-21(15-23(16)27)28-25(31)18-9-11-29(12-10-18)35(33,34)22-7-8-24-20(14-22)13-17(2)30(24)26(32)19-4-5-19/h3,6-8,14-15,17-19H,4-5,9-13H2,1-2H3,(H,28,31). The molecule has 1 saturated carbocycles. The van der Waals surface area contributed by atoms with Crippen LogP contribution in [0.15, 0.2) is 41.3 Å². The Balaban J connectivity index is 1.24. The first kappa shape index (κ1) is 24.3. The van der Waals surface area contributed by atoms with E-state index in [-0.39, 0.29) is 47.7 Å². The fourth-order valence-corrected chi connectivity index (χ4v) is 6.75. The number of fused-ring (bicyclic) bond motifs is 1. The van der Waals surface area contributed by atoms with Crippen molar-refractivity contribution in [3.8, 4) is 0 Å². The van der Waals surface area contributed by atoms with Crippen molar-refractivity contribution in [2.75, 3.05) is 23.3 Å². The Morgan fingerprint density at radius 3 is 2.37 bits per heavy atom. The molecule has 1 atom stereocenters. The minimum Gasteiger partial charge on any atom is -0.326 e. The number of carbonyl (C=O) groups is 2. The van der Waals surface area contributed by atoms with E-state index >= 15 is 0 Å². The van der Waals surface area contributed by atoms with Crippen LogP contribution in [0.3, 0.4) is 0 Å². The number of nitrogens with one attached hydrogen (secondary N) is 1. The number of piperidine rings is 1. The molecule has 2 fully saturated rings. The average Bonchev–Trinajstić information content (AvgIpc) is 3.63. The Morgan fingerprint density at radius 2 is 1.71 bits per heavy atom. The van der Waals surface area contributed by atoms with Gasteiger partial charge in [-0.25, -0.2) is 8.42 Å². The Bertz CT molecular complexity index is 1280. The van der Waals surface area contributed by atoms with Gasteiger partial charge in [-0.05, 0) is 87.4 Å². The van der Waals surface area contributed by atoms with Gasteiger partial charge in [0.1, 0.15) is 0 Å². The molecule has 7 nitrogen and oxygen atoms in total. The second-order valence-corrected chi connectivity index (χ2v) is 12.3. The van der Waals surface area contributed by atoms with Crippen molar-refractivity contribution in [3.05, 3.63) is 52.5 Å². The molecule has 0 spiro atoms. The highest BCUT2D eigenvalue weighted by Gasteiger charge is 2.40. The summed E-state index contributed by atoms with van der Waals surface area (Å²) in [5.41, 5.74) is 3.31. The normalized spacial score (nSPS) is 21.1. The van der Waals surface area contributed by atoms with Crippen LogP contribution in [0.5, 0.6) is 0 Å². The van der Waals surface area contributed by atoms with Crippen molar-refractivity contribution in [1.82, 2.24) is 4.31 Å². The van der Waals surface area contributed by atoms with Gasteiger partial charge in [0.15, 0.2) is 0 Å². The van der Waals surface area contributed by atoms with E-state index in [4.69, 9.17) is 11.6 Å². The lowest BCUT2D eigenvalue weighted by atomic mass is 9.97. The van der Waals surface area contributed by atoms with Gasteiger partial charge in [0.05, 0.1) is 4.90 Å². The largest absolute Gasteiger partial charge is 0.326 e. The first-order chi connectivity index (χ1) is 16.6. The third-order valence-corrected chi connectivity index (χ3v) is 9.63. The molecule has 0 bridgehead atoms. The van der Waals surface area contributed by atoms with Crippen molar-refractivity contribution in [1.29, 1.82) is 0 Å². The molecule has 1 saturated heterocycles. The first-order valence-electron chi connectivity index (χ1n) is 12.2. The van der Waals surface area contributed by atoms with Crippen LogP contribution in [0.1, 0.15) is 43.7 Å². The maximum Gasteiger partial charge on any atom is 0.243 e. The maximum absolute atomic E-state index is 13.4. The van der Waals surface area contributed by atoms with Gasteiger partial charge in [-0.3, -0.25) is 9.59 Å². The third-order valence-electron chi connectivity index (χ3n) is 7.33. The van der Waals surface area contributed by atoms with Crippen LogP contribution in [-0.4, -0.2) is 43.7 Å². The lowest BCUT2D eigenvalue weighted by Crippen LogP contribution is -2.41. The smallest absolute Gasteiger partial charge is 0.243 e. The van der Waals surface area contributed by atoms with Gasteiger partial charge in [0.2, 0.25) is 21.8 Å². The summed E-state index contributed by atoms with van der Waals surface area (Å²) >= 11 is 6.15. The van der Waals surface area contributed by atoms with Crippen LogP contribution in [0.25, 0.3) is 0 Å². The number of nitrogens with zero attached hydrogens (tertiary/aromatic N) is 2. The lowest BCUT2D eigenvalue weighted by Gasteiger charge is -2.30. The number of halogens is 1. The highest BCUT2D eigenvalue weighted by molar-refractivity contribution is 7.89. The van der Waals surface area contributed by atoms with Gasteiger partial charge in [-0.2, -0.15) is 4.31 Å². The Labute approximate surface area is 211 Å². The summed E-state index contributed by atoms with van der Waals surface area (Å²) in [6.45, 7) is 4.48. The second kappa shape index (κ2) is 9.22. The monoisotopic (exact) mass is 515 g/mol. The molecule has 2 aromatic carbocycles. The van der Waals surface area contributed by atoms with Gasteiger partial charge in [-0.1, -0.05) is 17.7 Å². The highest BCUT2D eigenvalue weighted by atomic mass is 35.5. The summed E-state index contributed by atoms with van der Waals surface area (Å²) in [5.74, 6) is -0.105.